The van der Waals surface area contributed by atoms with E-state index in [-0.39, 0.29) is 31.1 Å². The van der Waals surface area contributed by atoms with Gasteiger partial charge in [-0.15, -0.1) is 0 Å². The molecular formula is C77H136O6. The third-order valence-electron chi connectivity index (χ3n) is 15.9. The minimum absolute atomic E-state index is 0.0751. The lowest BCUT2D eigenvalue weighted by Gasteiger charge is -2.18. The summed E-state index contributed by atoms with van der Waals surface area (Å²) in [6, 6.07) is 0. The second-order valence-electron chi connectivity index (χ2n) is 24.1. The summed E-state index contributed by atoms with van der Waals surface area (Å²) in [4.78, 5) is 38.4. The molecule has 0 radical (unpaired) electrons. The second-order valence-corrected chi connectivity index (χ2v) is 24.1. The lowest BCUT2D eigenvalue weighted by atomic mass is 10.0. The number of unbranched alkanes of at least 4 members (excludes halogenated alkanes) is 41. The van der Waals surface area contributed by atoms with Crippen molar-refractivity contribution >= 4 is 17.9 Å². The monoisotopic (exact) mass is 1160 g/mol. The summed E-state index contributed by atoms with van der Waals surface area (Å²) in [7, 11) is 0. The van der Waals surface area contributed by atoms with Crippen LogP contribution in [0.25, 0.3) is 0 Å². The predicted molar refractivity (Wildman–Crippen MR) is 362 cm³/mol. The van der Waals surface area contributed by atoms with Gasteiger partial charge in [0, 0.05) is 19.3 Å². The van der Waals surface area contributed by atoms with E-state index in [2.05, 4.69) is 106 Å². The third kappa shape index (κ3) is 69.3. The molecule has 0 bridgehead atoms. The molecule has 0 amide bonds. The molecule has 0 saturated carbocycles. The van der Waals surface area contributed by atoms with Gasteiger partial charge >= 0.3 is 17.9 Å². The second kappa shape index (κ2) is 71.1. The number of carbonyl (C=O) groups is 3. The summed E-state index contributed by atoms with van der Waals surface area (Å²) in [6.45, 7) is 6.55. The highest BCUT2D eigenvalue weighted by atomic mass is 16.6. The third-order valence-corrected chi connectivity index (χ3v) is 15.9. The van der Waals surface area contributed by atoms with Crippen molar-refractivity contribution < 1.29 is 28.6 Å². The lowest BCUT2D eigenvalue weighted by molar-refractivity contribution is -0.167. The van der Waals surface area contributed by atoms with Crippen LogP contribution in [0.2, 0.25) is 0 Å². The van der Waals surface area contributed by atoms with Gasteiger partial charge in [-0.25, -0.2) is 0 Å². The van der Waals surface area contributed by atoms with Gasteiger partial charge in [0.05, 0.1) is 0 Å². The van der Waals surface area contributed by atoms with E-state index in [1.807, 2.05) is 0 Å². The van der Waals surface area contributed by atoms with Crippen molar-refractivity contribution in [1.82, 2.24) is 0 Å². The number of allylic oxidation sites excluding steroid dienone is 14. The van der Waals surface area contributed by atoms with E-state index >= 15 is 0 Å². The molecule has 1 atom stereocenters. The molecule has 0 aromatic heterocycles. The standard InChI is InChI=1S/C77H136O6/c1-4-7-10-13-16-19-22-24-26-28-30-32-33-34-35-36-37-38-39-40-41-42-43-45-46-48-50-52-55-58-61-64-67-70-76(79)82-73-74(72-81-75(78)69-66-63-60-57-54-21-18-15-12-9-6-3)83-77(80)71-68-65-62-59-56-53-51-49-47-44-31-29-27-25-23-20-17-14-11-8-5-2/h8,11,17,20,22,24-25,27-28,30-31,33-34,44,74H,4-7,9-10,12-16,18-19,21,23,26,29,32,35-43,45-73H2,1-3H3/b11-8-,20-17-,24-22-,27-25-,30-28-,34-33-,44-31-. The summed E-state index contributed by atoms with van der Waals surface area (Å²) < 4.78 is 17.0. The summed E-state index contributed by atoms with van der Waals surface area (Å²) in [5, 5.41) is 0. The minimum atomic E-state index is -0.779. The molecule has 6 heteroatoms. The highest BCUT2D eigenvalue weighted by molar-refractivity contribution is 5.71. The smallest absolute Gasteiger partial charge is 0.306 e. The Bertz CT molecular complexity index is 1570. The van der Waals surface area contributed by atoms with Crippen LogP contribution in [0, 0.1) is 0 Å². The number of hydrogen-bond acceptors (Lipinski definition) is 6. The van der Waals surface area contributed by atoms with E-state index < -0.39 is 6.10 Å². The molecule has 0 aliphatic heterocycles. The number of ether oxygens (including phenoxy) is 3. The first-order chi connectivity index (χ1) is 41.0. The average molecular weight is 1160 g/mol. The first kappa shape index (κ1) is 79.6. The van der Waals surface area contributed by atoms with Crippen LogP contribution in [0.5, 0.6) is 0 Å². The predicted octanol–water partition coefficient (Wildman–Crippen LogP) is 25.0. The van der Waals surface area contributed by atoms with Gasteiger partial charge in [-0.05, 0) is 96.3 Å². The Kier molecular flexibility index (Phi) is 68.2. The van der Waals surface area contributed by atoms with Gasteiger partial charge in [-0.2, -0.15) is 0 Å². The molecular weight excluding hydrogens is 1020 g/mol. The molecule has 0 fully saturated rings. The van der Waals surface area contributed by atoms with Gasteiger partial charge in [-0.1, -0.05) is 337 Å². The first-order valence-electron chi connectivity index (χ1n) is 36.1. The van der Waals surface area contributed by atoms with Crippen LogP contribution in [0.15, 0.2) is 85.1 Å². The maximum atomic E-state index is 12.9. The SMILES string of the molecule is CC/C=C\C/C=C\C/C=C\C/C=C\CCCCCCCCCCC(=O)OC(COC(=O)CCCCCCCCCCCCC)COC(=O)CCCCCCCCCCCCCCCCCCCC/C=C\C/C=C\C/C=C\CCCCCCC. The fraction of sp³-hybridized carbons (Fsp3) is 0.779. The molecule has 0 aliphatic carbocycles. The summed E-state index contributed by atoms with van der Waals surface area (Å²) in [5.74, 6) is -0.865. The molecule has 0 saturated heterocycles. The van der Waals surface area contributed by atoms with Crippen LogP contribution in [0.1, 0.15) is 367 Å². The zero-order valence-electron chi connectivity index (χ0n) is 55.2. The maximum Gasteiger partial charge on any atom is 0.306 e. The van der Waals surface area contributed by atoms with Crippen LogP contribution in [0.4, 0.5) is 0 Å². The normalized spacial score (nSPS) is 12.6. The van der Waals surface area contributed by atoms with E-state index in [1.165, 1.54) is 225 Å². The molecule has 83 heavy (non-hydrogen) atoms. The Morgan fingerprint density at radius 3 is 0.735 bits per heavy atom. The molecule has 6 nitrogen and oxygen atoms in total. The van der Waals surface area contributed by atoms with Crippen LogP contribution in [0.3, 0.4) is 0 Å². The van der Waals surface area contributed by atoms with Crippen molar-refractivity contribution in [1.29, 1.82) is 0 Å². The Morgan fingerprint density at radius 2 is 0.470 bits per heavy atom. The molecule has 0 aromatic carbocycles. The molecule has 1 unspecified atom stereocenters. The molecule has 0 aliphatic rings. The number of esters is 3. The Balaban J connectivity index is 4.15. The van der Waals surface area contributed by atoms with Gasteiger partial charge in [-0.3, -0.25) is 14.4 Å². The number of rotatable bonds is 66. The summed E-state index contributed by atoms with van der Waals surface area (Å²) in [5.41, 5.74) is 0. The topological polar surface area (TPSA) is 78.9 Å². The maximum absolute atomic E-state index is 12.9. The highest BCUT2D eigenvalue weighted by Gasteiger charge is 2.19. The van der Waals surface area contributed by atoms with Crippen molar-refractivity contribution in [3.8, 4) is 0 Å². The largest absolute Gasteiger partial charge is 0.462 e. The minimum Gasteiger partial charge on any atom is -0.462 e. The molecule has 480 valence electrons. The average Bonchev–Trinajstić information content (AvgIpc) is 3.48. The van der Waals surface area contributed by atoms with E-state index in [4.69, 9.17) is 14.2 Å². The highest BCUT2D eigenvalue weighted by Crippen LogP contribution is 2.18. The fourth-order valence-electron chi connectivity index (χ4n) is 10.5. The lowest BCUT2D eigenvalue weighted by Crippen LogP contribution is -2.30. The van der Waals surface area contributed by atoms with Gasteiger partial charge in [0.15, 0.2) is 6.10 Å². The quantitative estimate of drug-likeness (QED) is 0.0261. The van der Waals surface area contributed by atoms with Crippen LogP contribution in [-0.4, -0.2) is 37.2 Å². The summed E-state index contributed by atoms with van der Waals surface area (Å²) >= 11 is 0. The van der Waals surface area contributed by atoms with Crippen LogP contribution in [-0.2, 0) is 28.6 Å². The Hall–Kier alpha value is -3.41. The molecule has 0 aromatic rings. The van der Waals surface area contributed by atoms with Gasteiger partial charge in [0.2, 0.25) is 0 Å². The van der Waals surface area contributed by atoms with Crippen molar-refractivity contribution in [2.24, 2.45) is 0 Å². The molecule has 0 rings (SSSR count). The van der Waals surface area contributed by atoms with E-state index in [0.29, 0.717) is 19.3 Å². The van der Waals surface area contributed by atoms with Crippen LogP contribution < -0.4 is 0 Å². The number of hydrogen-bond donors (Lipinski definition) is 0. The van der Waals surface area contributed by atoms with Gasteiger partial charge in [0.1, 0.15) is 13.2 Å². The molecule has 0 heterocycles. The van der Waals surface area contributed by atoms with Gasteiger partial charge in [0.25, 0.3) is 0 Å². The fourth-order valence-corrected chi connectivity index (χ4v) is 10.5. The van der Waals surface area contributed by atoms with Crippen molar-refractivity contribution in [2.75, 3.05) is 13.2 Å². The van der Waals surface area contributed by atoms with Crippen molar-refractivity contribution in [3.05, 3.63) is 85.1 Å². The Labute approximate surface area is 515 Å². The number of carbonyl (C=O) groups excluding carboxylic acids is 3. The van der Waals surface area contributed by atoms with Crippen molar-refractivity contribution in [2.45, 2.75) is 374 Å². The van der Waals surface area contributed by atoms with E-state index in [9.17, 15) is 14.4 Å². The van der Waals surface area contributed by atoms with E-state index in [1.54, 1.807) is 0 Å². The van der Waals surface area contributed by atoms with Gasteiger partial charge < -0.3 is 14.2 Å². The summed E-state index contributed by atoms with van der Waals surface area (Å²) in [6.07, 6.45) is 94.8. The zero-order valence-corrected chi connectivity index (χ0v) is 55.2. The van der Waals surface area contributed by atoms with Crippen molar-refractivity contribution in [3.63, 3.8) is 0 Å². The van der Waals surface area contributed by atoms with Crippen LogP contribution >= 0.6 is 0 Å². The first-order valence-corrected chi connectivity index (χ1v) is 36.1. The molecule has 0 spiro atoms. The molecule has 0 N–H and O–H groups in total. The van der Waals surface area contributed by atoms with E-state index in [0.717, 1.165) is 103 Å². The Morgan fingerprint density at radius 1 is 0.253 bits per heavy atom. The zero-order chi connectivity index (χ0) is 59.9.